The highest BCUT2D eigenvalue weighted by molar-refractivity contribution is 7.99. The number of ether oxygens (including phenoxy) is 1. The zero-order valence-electron chi connectivity index (χ0n) is 10.8. The quantitative estimate of drug-likeness (QED) is 0.572. The van der Waals surface area contributed by atoms with Gasteiger partial charge >= 0.3 is 5.97 Å². The van der Waals surface area contributed by atoms with Crippen molar-refractivity contribution in [2.45, 2.75) is 18.9 Å². The molecular formula is C11H18N2O5S. The van der Waals surface area contributed by atoms with Crippen LogP contribution in [0.15, 0.2) is 0 Å². The molecule has 2 amide bonds. The molecule has 0 unspecified atom stereocenters. The summed E-state index contributed by atoms with van der Waals surface area (Å²) in [5, 5.41) is 8.51. The van der Waals surface area contributed by atoms with Gasteiger partial charge in [-0.25, -0.2) is 4.79 Å². The number of carboxylic acids is 1. The van der Waals surface area contributed by atoms with E-state index in [0.717, 1.165) is 0 Å². The van der Waals surface area contributed by atoms with E-state index >= 15 is 0 Å². The molecule has 0 saturated carbocycles. The largest absolute Gasteiger partial charge is 0.480 e. The zero-order valence-corrected chi connectivity index (χ0v) is 11.6. The predicted molar refractivity (Wildman–Crippen MR) is 69.7 cm³/mol. The lowest BCUT2D eigenvalue weighted by Gasteiger charge is -2.47. The van der Waals surface area contributed by atoms with Crippen molar-refractivity contribution < 1.29 is 24.2 Å². The van der Waals surface area contributed by atoms with E-state index in [1.807, 2.05) is 0 Å². The molecule has 8 heteroatoms. The minimum Gasteiger partial charge on any atom is -0.480 e. The Morgan fingerprint density at radius 1 is 1.42 bits per heavy atom. The van der Waals surface area contributed by atoms with Crippen molar-refractivity contribution in [1.82, 2.24) is 4.90 Å². The van der Waals surface area contributed by atoms with E-state index in [1.165, 1.54) is 11.8 Å². The molecule has 0 aromatic heterocycles. The second kappa shape index (κ2) is 6.76. The lowest BCUT2D eigenvalue weighted by atomic mass is 9.96. The molecule has 3 N–H and O–H groups in total. The first kappa shape index (κ1) is 15.8. The molecule has 0 spiro atoms. The van der Waals surface area contributed by atoms with Gasteiger partial charge in [0, 0.05) is 12.2 Å². The number of thioether (sulfide) groups is 1. The summed E-state index contributed by atoms with van der Waals surface area (Å²) in [6.07, 6.45) is 0.340. The molecule has 0 radical (unpaired) electrons. The Labute approximate surface area is 115 Å². The summed E-state index contributed by atoms with van der Waals surface area (Å²) < 4.78 is 5.20. The number of likely N-dealkylation sites (tertiary alicyclic amines) is 1. The minimum absolute atomic E-state index is 0.0200. The summed E-state index contributed by atoms with van der Waals surface area (Å²) in [5.74, 6) is -0.671. The van der Waals surface area contributed by atoms with Crippen molar-refractivity contribution in [3.05, 3.63) is 0 Å². The average Bonchev–Trinajstić information content (AvgIpc) is 2.28. The fourth-order valence-corrected chi connectivity index (χ4v) is 2.42. The standard InChI is InChI=1S/C11H18N2O5S/c1-11(18-4-10(16)17)6-13(7-11)9(15)2-3-19-5-8(12)14/h2-7H2,1H3,(H2,12,14)(H,16,17). The second-order valence-corrected chi connectivity index (χ2v) is 5.76. The maximum Gasteiger partial charge on any atom is 0.329 e. The van der Waals surface area contributed by atoms with Crippen LogP contribution in [0.2, 0.25) is 0 Å². The van der Waals surface area contributed by atoms with Gasteiger partial charge in [0.05, 0.1) is 18.8 Å². The maximum absolute atomic E-state index is 11.7. The number of carbonyl (C=O) groups is 3. The lowest BCUT2D eigenvalue weighted by Crippen LogP contribution is -2.63. The van der Waals surface area contributed by atoms with Crippen LogP contribution in [0.3, 0.4) is 0 Å². The molecule has 0 aromatic rings. The second-order valence-electron chi connectivity index (χ2n) is 4.65. The van der Waals surface area contributed by atoms with Crippen LogP contribution in [0, 0.1) is 0 Å². The Kier molecular flexibility index (Phi) is 5.61. The Balaban J connectivity index is 2.16. The van der Waals surface area contributed by atoms with E-state index in [4.69, 9.17) is 15.6 Å². The third-order valence-corrected chi connectivity index (χ3v) is 3.63. The monoisotopic (exact) mass is 290 g/mol. The summed E-state index contributed by atoms with van der Waals surface area (Å²) >= 11 is 1.32. The lowest BCUT2D eigenvalue weighted by molar-refractivity contribution is -0.173. The predicted octanol–water partition coefficient (Wildman–Crippen LogP) is -0.703. The number of hydrogen-bond donors (Lipinski definition) is 2. The molecule has 1 fully saturated rings. The van der Waals surface area contributed by atoms with Gasteiger partial charge < -0.3 is 20.5 Å². The number of nitrogens with zero attached hydrogens (tertiary/aromatic N) is 1. The molecule has 7 nitrogen and oxygen atoms in total. The molecular weight excluding hydrogens is 272 g/mol. The van der Waals surface area contributed by atoms with Crippen LogP contribution in [-0.2, 0) is 19.1 Å². The number of carboxylic acid groups (broad SMARTS) is 1. The van der Waals surface area contributed by atoms with Gasteiger partial charge in [-0.2, -0.15) is 11.8 Å². The van der Waals surface area contributed by atoms with Gasteiger partial charge in [-0.1, -0.05) is 0 Å². The number of nitrogens with two attached hydrogens (primary N) is 1. The van der Waals surface area contributed by atoms with E-state index in [1.54, 1.807) is 11.8 Å². The van der Waals surface area contributed by atoms with Gasteiger partial charge in [-0.15, -0.1) is 0 Å². The normalized spacial score (nSPS) is 16.8. The first-order chi connectivity index (χ1) is 8.82. The maximum atomic E-state index is 11.7. The number of amides is 2. The highest BCUT2D eigenvalue weighted by Crippen LogP contribution is 2.25. The number of rotatable bonds is 8. The van der Waals surface area contributed by atoms with E-state index in [0.29, 0.717) is 25.3 Å². The zero-order chi connectivity index (χ0) is 14.5. The number of primary amides is 1. The molecule has 1 rings (SSSR count). The third-order valence-electron chi connectivity index (χ3n) is 2.65. The fraction of sp³-hybridized carbons (Fsp3) is 0.727. The molecule has 108 valence electrons. The summed E-state index contributed by atoms with van der Waals surface area (Å²) in [6, 6.07) is 0. The van der Waals surface area contributed by atoms with Crippen molar-refractivity contribution in [3.63, 3.8) is 0 Å². The van der Waals surface area contributed by atoms with Crippen LogP contribution in [0.4, 0.5) is 0 Å². The Morgan fingerprint density at radius 2 is 2.05 bits per heavy atom. The number of carbonyl (C=O) groups excluding carboxylic acids is 2. The molecule has 1 heterocycles. The molecule has 0 bridgehead atoms. The van der Waals surface area contributed by atoms with E-state index in [9.17, 15) is 14.4 Å². The molecule has 19 heavy (non-hydrogen) atoms. The highest BCUT2D eigenvalue weighted by Gasteiger charge is 2.42. The Bertz CT molecular complexity index is 368. The average molecular weight is 290 g/mol. The molecule has 0 aliphatic carbocycles. The topological polar surface area (TPSA) is 110 Å². The van der Waals surface area contributed by atoms with E-state index in [2.05, 4.69) is 0 Å². The molecule has 1 saturated heterocycles. The SMILES string of the molecule is CC1(OCC(=O)O)CN(C(=O)CCSCC(N)=O)C1. The van der Waals surface area contributed by atoms with Gasteiger partial charge in [0.1, 0.15) is 12.2 Å². The van der Waals surface area contributed by atoms with Gasteiger partial charge in [-0.05, 0) is 6.92 Å². The molecule has 1 aliphatic rings. The van der Waals surface area contributed by atoms with E-state index in [-0.39, 0.29) is 18.3 Å². The molecule has 0 atom stereocenters. The van der Waals surface area contributed by atoms with Crippen molar-refractivity contribution in [2.75, 3.05) is 31.2 Å². The van der Waals surface area contributed by atoms with Crippen molar-refractivity contribution in [3.8, 4) is 0 Å². The minimum atomic E-state index is -1.02. The van der Waals surface area contributed by atoms with E-state index < -0.39 is 17.5 Å². The van der Waals surface area contributed by atoms with Crippen molar-refractivity contribution >= 4 is 29.5 Å². The summed E-state index contributed by atoms with van der Waals surface area (Å²) in [6.45, 7) is 2.23. The van der Waals surface area contributed by atoms with Crippen LogP contribution >= 0.6 is 11.8 Å². The van der Waals surface area contributed by atoms with Crippen LogP contribution in [0.5, 0.6) is 0 Å². The molecule has 0 aromatic carbocycles. The highest BCUT2D eigenvalue weighted by atomic mass is 32.2. The van der Waals surface area contributed by atoms with Crippen LogP contribution in [0.25, 0.3) is 0 Å². The van der Waals surface area contributed by atoms with Crippen molar-refractivity contribution in [2.24, 2.45) is 5.73 Å². The van der Waals surface area contributed by atoms with Gasteiger partial charge in [-0.3, -0.25) is 9.59 Å². The van der Waals surface area contributed by atoms with Gasteiger partial charge in [0.15, 0.2) is 0 Å². The summed E-state index contributed by atoms with van der Waals surface area (Å²) in [7, 11) is 0. The van der Waals surface area contributed by atoms with Crippen LogP contribution < -0.4 is 5.73 Å². The van der Waals surface area contributed by atoms with Gasteiger partial charge in [0.2, 0.25) is 11.8 Å². The summed E-state index contributed by atoms with van der Waals surface area (Å²) in [4.78, 5) is 34.2. The van der Waals surface area contributed by atoms with Gasteiger partial charge in [0.25, 0.3) is 0 Å². The smallest absolute Gasteiger partial charge is 0.329 e. The Morgan fingerprint density at radius 3 is 2.58 bits per heavy atom. The van der Waals surface area contributed by atoms with Crippen LogP contribution in [-0.4, -0.2) is 64.6 Å². The van der Waals surface area contributed by atoms with Crippen molar-refractivity contribution in [1.29, 1.82) is 0 Å². The third kappa shape index (κ3) is 5.48. The first-order valence-corrected chi connectivity index (χ1v) is 6.97. The number of hydrogen-bond acceptors (Lipinski definition) is 5. The summed E-state index contributed by atoms with van der Waals surface area (Å²) in [5.41, 5.74) is 4.42. The first-order valence-electron chi connectivity index (χ1n) is 5.82. The fourth-order valence-electron chi connectivity index (χ4n) is 1.76. The Hall–Kier alpha value is -1.28. The van der Waals surface area contributed by atoms with Crippen LogP contribution in [0.1, 0.15) is 13.3 Å². The number of aliphatic carboxylic acids is 1. The molecule has 1 aliphatic heterocycles.